The lowest BCUT2D eigenvalue weighted by Crippen LogP contribution is -2.07. The summed E-state index contributed by atoms with van der Waals surface area (Å²) < 4.78 is 31.4. The van der Waals surface area contributed by atoms with Gasteiger partial charge in [-0.2, -0.15) is 0 Å². The quantitative estimate of drug-likeness (QED) is 0.834. The van der Waals surface area contributed by atoms with Gasteiger partial charge in [-0.3, -0.25) is 0 Å². The third-order valence-corrected chi connectivity index (χ3v) is 2.49. The number of phenols is 1. The van der Waals surface area contributed by atoms with Gasteiger partial charge in [0.25, 0.3) is 0 Å². The van der Waals surface area contributed by atoms with Crippen molar-refractivity contribution in [2.45, 2.75) is 19.3 Å². The summed E-state index contributed by atoms with van der Waals surface area (Å²) in [5.41, 5.74) is 5.40. The fraction of sp³-hybridized carbons (Fsp3) is 0.455. The number of aromatic hydroxyl groups is 1. The highest BCUT2D eigenvalue weighted by Gasteiger charge is 2.22. The smallest absolute Gasteiger partial charge is 0.197 e. The molecule has 16 heavy (non-hydrogen) atoms. The van der Waals surface area contributed by atoms with Crippen molar-refractivity contribution in [3.63, 3.8) is 0 Å². The first-order valence-corrected chi connectivity index (χ1v) is 4.97. The first kappa shape index (κ1) is 12.7. The molecule has 1 aromatic rings. The molecule has 0 radical (unpaired) electrons. The van der Waals surface area contributed by atoms with Gasteiger partial charge in [0.2, 0.25) is 0 Å². The summed E-state index contributed by atoms with van der Waals surface area (Å²) in [7, 11) is 1.22. The minimum Gasteiger partial charge on any atom is -0.504 e. The van der Waals surface area contributed by atoms with Gasteiger partial charge < -0.3 is 15.6 Å². The zero-order chi connectivity index (χ0) is 12.3. The van der Waals surface area contributed by atoms with Crippen LogP contribution in [0.4, 0.5) is 8.78 Å². The van der Waals surface area contributed by atoms with E-state index in [2.05, 4.69) is 4.74 Å². The number of methoxy groups -OCH3 is 1. The number of hydrogen-bond acceptors (Lipinski definition) is 3. The fourth-order valence-corrected chi connectivity index (χ4v) is 1.66. The van der Waals surface area contributed by atoms with Crippen LogP contribution in [0.3, 0.4) is 0 Å². The molecule has 0 aliphatic carbocycles. The zero-order valence-corrected chi connectivity index (χ0v) is 9.26. The van der Waals surface area contributed by atoms with Crippen LogP contribution in [-0.4, -0.2) is 18.8 Å². The molecule has 5 heteroatoms. The third-order valence-electron chi connectivity index (χ3n) is 2.49. The van der Waals surface area contributed by atoms with E-state index in [1.807, 2.05) is 0 Å². The molecule has 0 heterocycles. The molecule has 1 atom stereocenters. The summed E-state index contributed by atoms with van der Waals surface area (Å²) in [4.78, 5) is 0. The van der Waals surface area contributed by atoms with Crippen LogP contribution in [0.2, 0.25) is 0 Å². The van der Waals surface area contributed by atoms with Gasteiger partial charge in [-0.1, -0.05) is 6.92 Å². The summed E-state index contributed by atoms with van der Waals surface area (Å²) in [5.74, 6) is -2.81. The largest absolute Gasteiger partial charge is 0.504 e. The van der Waals surface area contributed by atoms with Gasteiger partial charge in [-0.05, 0) is 18.9 Å². The predicted octanol–water partition coefficient (Wildman–Crippen LogP) is 2.13. The summed E-state index contributed by atoms with van der Waals surface area (Å²) in [5, 5.41) is 9.70. The molecule has 3 N–H and O–H groups in total. The van der Waals surface area contributed by atoms with Crippen molar-refractivity contribution >= 4 is 0 Å². The number of hydrogen-bond donors (Lipinski definition) is 2. The van der Waals surface area contributed by atoms with Crippen LogP contribution in [-0.2, 0) is 0 Å². The maximum atomic E-state index is 13.5. The molecule has 0 aromatic heterocycles. The number of phenolic OH excluding ortho intramolecular Hbond substituents is 1. The number of ether oxygens (including phenoxy) is 1. The second-order valence-electron chi connectivity index (χ2n) is 3.61. The van der Waals surface area contributed by atoms with E-state index in [0.717, 1.165) is 0 Å². The average molecular weight is 231 g/mol. The molecule has 90 valence electrons. The Labute approximate surface area is 92.8 Å². The van der Waals surface area contributed by atoms with Crippen LogP contribution in [0.15, 0.2) is 6.07 Å². The van der Waals surface area contributed by atoms with Gasteiger partial charge in [-0.15, -0.1) is 0 Å². The Bertz CT molecular complexity index is 383. The van der Waals surface area contributed by atoms with Crippen LogP contribution >= 0.6 is 0 Å². The van der Waals surface area contributed by atoms with Crippen molar-refractivity contribution in [3.8, 4) is 11.5 Å². The van der Waals surface area contributed by atoms with E-state index in [1.54, 1.807) is 6.92 Å². The van der Waals surface area contributed by atoms with E-state index in [9.17, 15) is 13.9 Å². The van der Waals surface area contributed by atoms with E-state index < -0.39 is 17.4 Å². The molecule has 0 amide bonds. The molecule has 3 nitrogen and oxygen atoms in total. The zero-order valence-electron chi connectivity index (χ0n) is 9.26. The highest BCUT2D eigenvalue weighted by molar-refractivity contribution is 5.48. The van der Waals surface area contributed by atoms with Crippen molar-refractivity contribution in [2.75, 3.05) is 13.7 Å². The van der Waals surface area contributed by atoms with E-state index in [1.165, 1.54) is 7.11 Å². The Balaban J connectivity index is 3.27. The van der Waals surface area contributed by atoms with E-state index >= 15 is 0 Å². The molecule has 1 rings (SSSR count). The second kappa shape index (κ2) is 5.12. The van der Waals surface area contributed by atoms with Gasteiger partial charge >= 0.3 is 0 Å². The standard InChI is InChI=1S/C11H15F2NO2/c1-6(3-4-14)9-7(12)5-8(13)11(16-2)10(9)15/h5-6,15H,3-4,14H2,1-2H3. The van der Waals surface area contributed by atoms with Crippen molar-refractivity contribution in [2.24, 2.45) is 5.73 Å². The fourth-order valence-electron chi connectivity index (χ4n) is 1.66. The van der Waals surface area contributed by atoms with Crippen LogP contribution in [0.5, 0.6) is 11.5 Å². The normalized spacial score (nSPS) is 12.6. The number of benzene rings is 1. The first-order valence-electron chi connectivity index (χ1n) is 4.97. The van der Waals surface area contributed by atoms with Crippen LogP contribution in [0.1, 0.15) is 24.8 Å². The molecular weight excluding hydrogens is 216 g/mol. The van der Waals surface area contributed by atoms with Crippen LogP contribution < -0.4 is 10.5 Å². The van der Waals surface area contributed by atoms with Crippen LogP contribution in [0, 0.1) is 11.6 Å². The lowest BCUT2D eigenvalue weighted by atomic mass is 9.95. The Kier molecular flexibility index (Phi) is 4.06. The Morgan fingerprint density at radius 1 is 1.44 bits per heavy atom. The Morgan fingerprint density at radius 3 is 2.56 bits per heavy atom. The Hall–Kier alpha value is -1.36. The third kappa shape index (κ3) is 2.24. The van der Waals surface area contributed by atoms with Crippen LogP contribution in [0.25, 0.3) is 0 Å². The van der Waals surface area contributed by atoms with Crippen molar-refractivity contribution in [1.29, 1.82) is 0 Å². The maximum absolute atomic E-state index is 13.5. The number of nitrogens with two attached hydrogens (primary N) is 1. The summed E-state index contributed by atoms with van der Waals surface area (Å²) in [6, 6.07) is 0.709. The van der Waals surface area contributed by atoms with E-state index in [-0.39, 0.29) is 17.2 Å². The number of halogens is 2. The molecule has 0 aliphatic heterocycles. The summed E-state index contributed by atoms with van der Waals surface area (Å²) in [6.07, 6.45) is 0.499. The van der Waals surface area contributed by atoms with Crippen molar-refractivity contribution < 1.29 is 18.6 Å². The SMILES string of the molecule is COc1c(F)cc(F)c(C(C)CCN)c1O. The molecule has 0 saturated carbocycles. The molecular formula is C11H15F2NO2. The maximum Gasteiger partial charge on any atom is 0.197 e. The lowest BCUT2D eigenvalue weighted by Gasteiger charge is -2.16. The molecule has 0 bridgehead atoms. The Morgan fingerprint density at radius 2 is 2.06 bits per heavy atom. The van der Waals surface area contributed by atoms with Gasteiger partial charge in [0.15, 0.2) is 17.3 Å². The lowest BCUT2D eigenvalue weighted by molar-refractivity contribution is 0.341. The highest BCUT2D eigenvalue weighted by Crippen LogP contribution is 2.39. The van der Waals surface area contributed by atoms with Gasteiger partial charge in [0.1, 0.15) is 5.82 Å². The monoisotopic (exact) mass is 231 g/mol. The predicted molar refractivity (Wildman–Crippen MR) is 56.7 cm³/mol. The van der Waals surface area contributed by atoms with Gasteiger partial charge in [-0.25, -0.2) is 8.78 Å². The van der Waals surface area contributed by atoms with Crippen molar-refractivity contribution in [1.82, 2.24) is 0 Å². The average Bonchev–Trinajstić information content (AvgIpc) is 2.17. The van der Waals surface area contributed by atoms with Gasteiger partial charge in [0, 0.05) is 11.6 Å². The molecule has 1 unspecified atom stereocenters. The van der Waals surface area contributed by atoms with Gasteiger partial charge in [0.05, 0.1) is 7.11 Å². The second-order valence-corrected chi connectivity index (χ2v) is 3.61. The topological polar surface area (TPSA) is 55.5 Å². The first-order chi connectivity index (χ1) is 7.52. The van der Waals surface area contributed by atoms with E-state index in [4.69, 9.17) is 5.73 Å². The summed E-state index contributed by atoms with van der Waals surface area (Å²) >= 11 is 0. The molecule has 0 fully saturated rings. The molecule has 0 saturated heterocycles. The van der Waals surface area contributed by atoms with Crippen molar-refractivity contribution in [3.05, 3.63) is 23.3 Å². The summed E-state index contributed by atoms with van der Waals surface area (Å²) in [6.45, 7) is 2.07. The molecule has 0 aliphatic rings. The number of rotatable bonds is 4. The highest BCUT2D eigenvalue weighted by atomic mass is 19.1. The minimum atomic E-state index is -0.916. The van der Waals surface area contributed by atoms with E-state index in [0.29, 0.717) is 19.0 Å². The molecule has 1 aromatic carbocycles. The minimum absolute atomic E-state index is 0.0451. The molecule has 0 spiro atoms.